The summed E-state index contributed by atoms with van der Waals surface area (Å²) in [7, 11) is 1.72. The number of rotatable bonds is 6. The largest absolute Gasteiger partial charge is 0.383 e. The lowest BCUT2D eigenvalue weighted by atomic mass is 9.93. The van der Waals surface area contributed by atoms with Crippen LogP contribution in [0.2, 0.25) is 0 Å². The molecule has 142 valence electrons. The van der Waals surface area contributed by atoms with Gasteiger partial charge < -0.3 is 10.1 Å². The van der Waals surface area contributed by atoms with Crippen molar-refractivity contribution in [1.82, 2.24) is 14.9 Å². The van der Waals surface area contributed by atoms with Crippen molar-refractivity contribution in [3.8, 4) is 0 Å². The minimum Gasteiger partial charge on any atom is -0.383 e. The second-order valence-corrected chi connectivity index (χ2v) is 8.32. The van der Waals surface area contributed by atoms with Gasteiger partial charge in [0.15, 0.2) is 0 Å². The van der Waals surface area contributed by atoms with Crippen LogP contribution in [0.25, 0.3) is 10.2 Å². The second kappa shape index (κ2) is 7.92. The number of fused-ring (bicyclic) bond motifs is 3. The van der Waals surface area contributed by atoms with E-state index in [9.17, 15) is 4.79 Å². The maximum atomic E-state index is 13.1. The number of hydrogen-bond donors (Lipinski definition) is 1. The zero-order valence-corrected chi connectivity index (χ0v) is 16.6. The first-order valence-electron chi connectivity index (χ1n) is 9.43. The molecule has 1 aliphatic carbocycles. The van der Waals surface area contributed by atoms with E-state index in [4.69, 9.17) is 4.74 Å². The van der Waals surface area contributed by atoms with Crippen molar-refractivity contribution in [3.63, 3.8) is 0 Å². The van der Waals surface area contributed by atoms with Gasteiger partial charge in [-0.2, -0.15) is 0 Å². The highest BCUT2D eigenvalue weighted by atomic mass is 32.1. The van der Waals surface area contributed by atoms with Crippen LogP contribution in [0, 0.1) is 6.92 Å². The molecule has 2 heterocycles. The van der Waals surface area contributed by atoms with E-state index in [0.717, 1.165) is 48.2 Å². The van der Waals surface area contributed by atoms with Gasteiger partial charge in [0, 0.05) is 24.6 Å². The van der Waals surface area contributed by atoms with Gasteiger partial charge in [-0.25, -0.2) is 4.98 Å². The van der Waals surface area contributed by atoms with Gasteiger partial charge >= 0.3 is 0 Å². The Balaban J connectivity index is 1.60. The molecule has 4 rings (SSSR count). The Morgan fingerprint density at radius 2 is 2.15 bits per heavy atom. The first-order valence-corrected chi connectivity index (χ1v) is 10.2. The minimum atomic E-state index is 0.0869. The van der Waals surface area contributed by atoms with Crippen molar-refractivity contribution < 1.29 is 4.74 Å². The zero-order chi connectivity index (χ0) is 18.8. The number of thiophene rings is 1. The molecule has 0 radical (unpaired) electrons. The summed E-state index contributed by atoms with van der Waals surface area (Å²) in [5.41, 5.74) is 3.65. The summed E-state index contributed by atoms with van der Waals surface area (Å²) in [6.07, 6.45) is 4.65. The van der Waals surface area contributed by atoms with Crippen molar-refractivity contribution >= 4 is 21.6 Å². The normalized spacial score (nSPS) is 16.6. The predicted octanol–water partition coefficient (Wildman–Crippen LogP) is 2.91. The highest BCUT2D eigenvalue weighted by Crippen LogP contribution is 2.33. The van der Waals surface area contributed by atoms with Gasteiger partial charge in [-0.15, -0.1) is 11.3 Å². The van der Waals surface area contributed by atoms with Gasteiger partial charge in [0.25, 0.3) is 5.56 Å². The van der Waals surface area contributed by atoms with Gasteiger partial charge in [0.2, 0.25) is 0 Å². The molecule has 0 amide bonds. The molecule has 0 saturated heterocycles. The van der Waals surface area contributed by atoms with Crippen LogP contribution in [-0.4, -0.2) is 35.9 Å². The summed E-state index contributed by atoms with van der Waals surface area (Å²) < 4.78 is 6.86. The fraction of sp³-hybridized carbons (Fsp3) is 0.429. The molecule has 5 nitrogen and oxygen atoms in total. The van der Waals surface area contributed by atoms with Crippen LogP contribution in [-0.2, 0) is 24.1 Å². The monoisotopic (exact) mass is 383 g/mol. The number of nitrogens with zero attached hydrogens (tertiary/aromatic N) is 2. The van der Waals surface area contributed by atoms with Crippen LogP contribution in [0.15, 0.2) is 35.4 Å². The van der Waals surface area contributed by atoms with Gasteiger partial charge in [-0.1, -0.05) is 29.8 Å². The molecule has 3 aromatic rings. The summed E-state index contributed by atoms with van der Waals surface area (Å²) in [6.45, 7) is 4.22. The number of hydrogen-bond acceptors (Lipinski definition) is 5. The summed E-state index contributed by atoms with van der Waals surface area (Å²) in [5.74, 6) is 0. The minimum absolute atomic E-state index is 0.0869. The molecule has 27 heavy (non-hydrogen) atoms. The topological polar surface area (TPSA) is 56.1 Å². The number of benzene rings is 1. The Morgan fingerprint density at radius 1 is 1.33 bits per heavy atom. The maximum absolute atomic E-state index is 13.1. The van der Waals surface area contributed by atoms with Crippen LogP contribution in [0.5, 0.6) is 0 Å². The van der Waals surface area contributed by atoms with Crippen molar-refractivity contribution in [2.24, 2.45) is 0 Å². The standard InChI is InChI=1S/C21H25N3O2S/c1-14-3-5-15(6-4-14)12-24-13-23-20-19(21(24)25)17-8-7-16(11-18(17)27-20)22-9-10-26-2/h3-6,13,16,22H,7-12H2,1-2H3. The molecular weight excluding hydrogens is 358 g/mol. The summed E-state index contributed by atoms with van der Waals surface area (Å²) in [5, 5.41) is 4.38. The lowest BCUT2D eigenvalue weighted by Gasteiger charge is -2.23. The number of aryl methyl sites for hydroxylation is 2. The van der Waals surface area contributed by atoms with Crippen molar-refractivity contribution in [3.05, 3.63) is 62.5 Å². The third-order valence-corrected chi connectivity index (χ3v) is 6.41. The summed E-state index contributed by atoms with van der Waals surface area (Å²) in [4.78, 5) is 19.9. The molecule has 0 aliphatic heterocycles. The predicted molar refractivity (Wildman–Crippen MR) is 110 cm³/mol. The van der Waals surface area contributed by atoms with E-state index in [1.165, 1.54) is 16.0 Å². The second-order valence-electron chi connectivity index (χ2n) is 7.23. The third-order valence-electron chi connectivity index (χ3n) is 5.25. The molecule has 0 bridgehead atoms. The van der Waals surface area contributed by atoms with E-state index in [1.54, 1.807) is 29.3 Å². The molecule has 2 aromatic heterocycles. The highest BCUT2D eigenvalue weighted by molar-refractivity contribution is 7.18. The average Bonchev–Trinajstić information content (AvgIpc) is 3.04. The molecule has 1 N–H and O–H groups in total. The molecule has 1 aromatic carbocycles. The Kier molecular flexibility index (Phi) is 5.38. The number of ether oxygens (including phenoxy) is 1. The van der Waals surface area contributed by atoms with Crippen molar-refractivity contribution in [2.45, 2.75) is 38.8 Å². The SMILES string of the molecule is COCCNC1CCc2c(sc3ncn(Cc4ccc(C)cc4)c(=O)c23)C1. The first kappa shape index (κ1) is 18.3. The smallest absolute Gasteiger partial charge is 0.262 e. The average molecular weight is 384 g/mol. The quantitative estimate of drug-likeness (QED) is 0.665. The lowest BCUT2D eigenvalue weighted by Crippen LogP contribution is -2.36. The molecule has 6 heteroatoms. The van der Waals surface area contributed by atoms with Crippen LogP contribution in [0.1, 0.15) is 28.0 Å². The highest BCUT2D eigenvalue weighted by Gasteiger charge is 2.24. The molecule has 1 atom stereocenters. The van der Waals surface area contributed by atoms with Crippen LogP contribution in [0.3, 0.4) is 0 Å². The van der Waals surface area contributed by atoms with Crippen LogP contribution < -0.4 is 10.9 Å². The molecular formula is C21H25N3O2S. The molecule has 0 saturated carbocycles. The number of nitrogens with one attached hydrogen (secondary N) is 1. The maximum Gasteiger partial charge on any atom is 0.262 e. The molecule has 1 aliphatic rings. The van der Waals surface area contributed by atoms with E-state index in [0.29, 0.717) is 12.6 Å². The molecule has 0 fully saturated rings. The summed E-state index contributed by atoms with van der Waals surface area (Å²) in [6, 6.07) is 8.76. The Labute approximate surface area is 163 Å². The van der Waals surface area contributed by atoms with E-state index >= 15 is 0 Å². The Morgan fingerprint density at radius 3 is 2.93 bits per heavy atom. The lowest BCUT2D eigenvalue weighted by molar-refractivity contribution is 0.194. The van der Waals surface area contributed by atoms with Gasteiger partial charge in [0.1, 0.15) is 4.83 Å². The zero-order valence-electron chi connectivity index (χ0n) is 15.8. The van der Waals surface area contributed by atoms with E-state index in [2.05, 4.69) is 41.5 Å². The van der Waals surface area contributed by atoms with E-state index in [-0.39, 0.29) is 5.56 Å². The van der Waals surface area contributed by atoms with Crippen LogP contribution >= 0.6 is 11.3 Å². The Bertz CT molecular complexity index is 991. The van der Waals surface area contributed by atoms with E-state index < -0.39 is 0 Å². The van der Waals surface area contributed by atoms with E-state index in [1.807, 2.05) is 0 Å². The fourth-order valence-corrected chi connectivity index (χ4v) is 5.00. The van der Waals surface area contributed by atoms with Gasteiger partial charge in [-0.3, -0.25) is 9.36 Å². The summed E-state index contributed by atoms with van der Waals surface area (Å²) >= 11 is 1.68. The third kappa shape index (κ3) is 3.83. The number of methoxy groups -OCH3 is 1. The van der Waals surface area contributed by atoms with Gasteiger partial charge in [0.05, 0.1) is 24.9 Å². The fourth-order valence-electron chi connectivity index (χ4n) is 3.74. The van der Waals surface area contributed by atoms with Crippen molar-refractivity contribution in [1.29, 1.82) is 0 Å². The Hall–Kier alpha value is -2.02. The first-order chi connectivity index (χ1) is 13.2. The molecule has 0 spiro atoms. The molecule has 1 unspecified atom stereocenters. The van der Waals surface area contributed by atoms with Crippen molar-refractivity contribution in [2.75, 3.05) is 20.3 Å². The number of aromatic nitrogens is 2. The van der Waals surface area contributed by atoms with Crippen LogP contribution in [0.4, 0.5) is 0 Å². The van der Waals surface area contributed by atoms with Gasteiger partial charge in [-0.05, 0) is 37.3 Å².